The van der Waals surface area contributed by atoms with Crippen LogP contribution in [0, 0.1) is 10.1 Å². The number of rotatable bonds is 3. The molecule has 2 aromatic carbocycles. The molecule has 1 atom stereocenters. The lowest BCUT2D eigenvalue weighted by Gasteiger charge is -2.13. The Labute approximate surface area is 120 Å². The molecule has 3 rings (SSSR count). The molecule has 1 unspecified atom stereocenters. The van der Waals surface area contributed by atoms with Gasteiger partial charge >= 0.3 is 0 Å². The van der Waals surface area contributed by atoms with Gasteiger partial charge in [0.25, 0.3) is 5.69 Å². The van der Waals surface area contributed by atoms with E-state index < -0.39 is 4.92 Å². The normalized spacial score (nSPS) is 16.4. The van der Waals surface area contributed by atoms with Crippen LogP contribution < -0.4 is 10.1 Å². The minimum absolute atomic E-state index is 0.0399. The van der Waals surface area contributed by atoms with Gasteiger partial charge in [0.05, 0.1) is 11.0 Å². The van der Waals surface area contributed by atoms with Crippen LogP contribution in [0.2, 0.25) is 5.02 Å². The maximum Gasteiger partial charge on any atom is 0.293 e. The van der Waals surface area contributed by atoms with Gasteiger partial charge < -0.3 is 10.1 Å². The Morgan fingerprint density at radius 3 is 2.90 bits per heavy atom. The molecule has 6 heteroatoms. The lowest BCUT2D eigenvalue weighted by atomic mass is 10.1. The first-order valence-electron chi connectivity index (χ1n) is 6.07. The van der Waals surface area contributed by atoms with Crippen molar-refractivity contribution >= 4 is 23.0 Å². The fraction of sp³-hybridized carbons (Fsp3) is 0.143. The lowest BCUT2D eigenvalue weighted by Crippen LogP contribution is -2.13. The largest absolute Gasteiger partial charge is 0.491 e. The molecule has 1 aliphatic rings. The van der Waals surface area contributed by atoms with Crippen LogP contribution in [0.3, 0.4) is 0 Å². The smallest absolute Gasteiger partial charge is 0.293 e. The van der Waals surface area contributed by atoms with E-state index in [1.54, 1.807) is 12.1 Å². The van der Waals surface area contributed by atoms with Gasteiger partial charge in [0.1, 0.15) is 18.0 Å². The molecule has 2 aromatic rings. The monoisotopic (exact) mass is 290 g/mol. The van der Waals surface area contributed by atoms with Gasteiger partial charge in [0.2, 0.25) is 0 Å². The van der Waals surface area contributed by atoms with Gasteiger partial charge in [-0.2, -0.15) is 0 Å². The van der Waals surface area contributed by atoms with Gasteiger partial charge in [-0.3, -0.25) is 10.1 Å². The summed E-state index contributed by atoms with van der Waals surface area (Å²) in [6, 6.07) is 12.1. The summed E-state index contributed by atoms with van der Waals surface area (Å²) >= 11 is 5.80. The summed E-state index contributed by atoms with van der Waals surface area (Å²) < 4.78 is 5.55. The van der Waals surface area contributed by atoms with Gasteiger partial charge in [-0.25, -0.2) is 0 Å². The molecular formula is C14H11ClN2O3. The second-order valence-corrected chi connectivity index (χ2v) is 4.90. The number of anilines is 1. The molecular weight excluding hydrogens is 280 g/mol. The zero-order chi connectivity index (χ0) is 14.1. The molecule has 20 heavy (non-hydrogen) atoms. The molecule has 1 N–H and O–H groups in total. The molecule has 102 valence electrons. The summed E-state index contributed by atoms with van der Waals surface area (Å²) in [5.41, 5.74) is 1.39. The minimum atomic E-state index is -0.448. The second kappa shape index (κ2) is 5.02. The number of nitro benzene ring substituents is 1. The van der Waals surface area contributed by atoms with Gasteiger partial charge in [-0.15, -0.1) is 0 Å². The van der Waals surface area contributed by atoms with Crippen LogP contribution in [0.1, 0.15) is 11.6 Å². The van der Waals surface area contributed by atoms with E-state index in [-0.39, 0.29) is 11.7 Å². The summed E-state index contributed by atoms with van der Waals surface area (Å²) in [6.07, 6.45) is 0. The highest BCUT2D eigenvalue weighted by Gasteiger charge is 2.26. The third kappa shape index (κ3) is 2.28. The van der Waals surface area contributed by atoms with Crippen LogP contribution in [-0.4, -0.2) is 11.5 Å². The van der Waals surface area contributed by atoms with Gasteiger partial charge in [0, 0.05) is 16.7 Å². The molecule has 0 bridgehead atoms. The predicted octanol–water partition coefficient (Wildman–Crippen LogP) is 3.79. The van der Waals surface area contributed by atoms with Gasteiger partial charge in [-0.1, -0.05) is 29.8 Å². The topological polar surface area (TPSA) is 64.4 Å². The summed E-state index contributed by atoms with van der Waals surface area (Å²) in [5, 5.41) is 14.6. The van der Waals surface area contributed by atoms with Crippen molar-refractivity contribution in [1.29, 1.82) is 0 Å². The highest BCUT2D eigenvalue weighted by atomic mass is 35.5. The molecule has 0 amide bonds. The predicted molar refractivity (Wildman–Crippen MR) is 76.4 cm³/mol. The van der Waals surface area contributed by atoms with Crippen LogP contribution in [0.25, 0.3) is 0 Å². The SMILES string of the molecule is O=[N+]([O-])c1cc(Cl)ccc1NC1COc2ccccc21. The third-order valence-electron chi connectivity index (χ3n) is 3.19. The van der Waals surface area contributed by atoms with Crippen molar-refractivity contribution in [3.8, 4) is 5.75 Å². The quantitative estimate of drug-likeness (QED) is 0.690. The number of nitrogens with zero attached hydrogens (tertiary/aromatic N) is 1. The number of hydrogen-bond acceptors (Lipinski definition) is 4. The first-order valence-corrected chi connectivity index (χ1v) is 6.45. The van der Waals surface area contributed by atoms with Crippen molar-refractivity contribution in [2.24, 2.45) is 0 Å². The zero-order valence-corrected chi connectivity index (χ0v) is 11.1. The lowest BCUT2D eigenvalue weighted by molar-refractivity contribution is -0.384. The molecule has 1 heterocycles. The molecule has 5 nitrogen and oxygen atoms in total. The Kier molecular flexibility index (Phi) is 3.20. The fourth-order valence-electron chi connectivity index (χ4n) is 2.25. The second-order valence-electron chi connectivity index (χ2n) is 4.46. The average molecular weight is 291 g/mol. The Morgan fingerprint density at radius 1 is 1.30 bits per heavy atom. The fourth-order valence-corrected chi connectivity index (χ4v) is 2.41. The number of nitrogens with one attached hydrogen (secondary N) is 1. The standard InChI is InChI=1S/C14H11ClN2O3/c15-9-5-6-11(13(7-9)17(18)19)16-12-8-20-14-4-2-1-3-10(12)14/h1-7,12,16H,8H2. The Morgan fingerprint density at radius 2 is 2.10 bits per heavy atom. The van der Waals surface area contributed by atoms with E-state index in [0.29, 0.717) is 17.3 Å². The number of ether oxygens (including phenoxy) is 1. The molecule has 0 radical (unpaired) electrons. The minimum Gasteiger partial charge on any atom is -0.491 e. The number of hydrogen-bond donors (Lipinski definition) is 1. The number of para-hydroxylation sites is 1. The van der Waals surface area contributed by atoms with E-state index in [1.807, 2.05) is 24.3 Å². The van der Waals surface area contributed by atoms with Crippen molar-refractivity contribution in [2.45, 2.75) is 6.04 Å². The highest BCUT2D eigenvalue weighted by Crippen LogP contribution is 2.36. The Bertz CT molecular complexity index is 675. The molecule has 0 saturated carbocycles. The molecule has 0 saturated heterocycles. The summed E-state index contributed by atoms with van der Waals surface area (Å²) in [6.45, 7) is 0.444. The maximum absolute atomic E-state index is 11.1. The molecule has 0 aliphatic carbocycles. The van der Waals surface area contributed by atoms with Crippen molar-refractivity contribution in [3.63, 3.8) is 0 Å². The van der Waals surface area contributed by atoms with E-state index in [1.165, 1.54) is 6.07 Å². The molecule has 0 aromatic heterocycles. The third-order valence-corrected chi connectivity index (χ3v) is 3.42. The van der Waals surface area contributed by atoms with Crippen molar-refractivity contribution in [3.05, 3.63) is 63.2 Å². The van der Waals surface area contributed by atoms with Crippen molar-refractivity contribution < 1.29 is 9.66 Å². The maximum atomic E-state index is 11.1. The average Bonchev–Trinajstić information content (AvgIpc) is 2.84. The number of fused-ring (bicyclic) bond motifs is 1. The number of halogens is 1. The number of nitro groups is 1. The highest BCUT2D eigenvalue weighted by molar-refractivity contribution is 6.30. The van der Waals surface area contributed by atoms with Crippen LogP contribution in [-0.2, 0) is 0 Å². The van der Waals surface area contributed by atoms with Gasteiger partial charge in [-0.05, 0) is 18.2 Å². The molecule has 0 fully saturated rings. The van der Waals surface area contributed by atoms with Crippen LogP contribution >= 0.6 is 11.6 Å². The first kappa shape index (κ1) is 12.7. The van der Waals surface area contributed by atoms with E-state index in [9.17, 15) is 10.1 Å². The summed E-state index contributed by atoms with van der Waals surface area (Å²) in [7, 11) is 0. The van der Waals surface area contributed by atoms with Crippen LogP contribution in [0.15, 0.2) is 42.5 Å². The van der Waals surface area contributed by atoms with E-state index in [4.69, 9.17) is 16.3 Å². The molecule has 1 aliphatic heterocycles. The van der Waals surface area contributed by atoms with Crippen LogP contribution in [0.5, 0.6) is 5.75 Å². The Balaban J connectivity index is 1.92. The first-order chi connectivity index (χ1) is 9.65. The summed E-state index contributed by atoms with van der Waals surface area (Å²) in [5.74, 6) is 0.807. The van der Waals surface area contributed by atoms with Crippen LogP contribution in [0.4, 0.5) is 11.4 Å². The summed E-state index contributed by atoms with van der Waals surface area (Å²) in [4.78, 5) is 10.6. The zero-order valence-electron chi connectivity index (χ0n) is 10.4. The van der Waals surface area contributed by atoms with E-state index >= 15 is 0 Å². The van der Waals surface area contributed by atoms with Crippen molar-refractivity contribution in [1.82, 2.24) is 0 Å². The van der Waals surface area contributed by atoms with E-state index in [2.05, 4.69) is 5.32 Å². The van der Waals surface area contributed by atoms with Gasteiger partial charge in [0.15, 0.2) is 0 Å². The molecule has 0 spiro atoms. The van der Waals surface area contributed by atoms with Crippen molar-refractivity contribution in [2.75, 3.05) is 11.9 Å². The van der Waals surface area contributed by atoms with E-state index in [0.717, 1.165) is 11.3 Å². The number of benzene rings is 2. The Hall–Kier alpha value is -2.27.